The maximum Gasteiger partial charge on any atom is 0.131 e. The van der Waals surface area contributed by atoms with Gasteiger partial charge in [-0.25, -0.2) is 0 Å². The van der Waals surface area contributed by atoms with Gasteiger partial charge in [-0.3, -0.25) is 0 Å². The van der Waals surface area contributed by atoms with Crippen molar-refractivity contribution in [2.24, 2.45) is 0 Å². The van der Waals surface area contributed by atoms with Gasteiger partial charge in [0.25, 0.3) is 0 Å². The first-order valence-electron chi connectivity index (χ1n) is 4.40. The van der Waals surface area contributed by atoms with E-state index in [0.29, 0.717) is 6.54 Å². The highest BCUT2D eigenvalue weighted by molar-refractivity contribution is 5.64. The van der Waals surface area contributed by atoms with Crippen molar-refractivity contribution in [2.45, 2.75) is 13.0 Å². The van der Waals surface area contributed by atoms with Crippen LogP contribution in [0, 0.1) is 6.92 Å². The zero-order chi connectivity index (χ0) is 9.26. The van der Waals surface area contributed by atoms with Crippen LogP contribution in [-0.2, 0) is 0 Å². The van der Waals surface area contributed by atoms with Crippen molar-refractivity contribution in [3.63, 3.8) is 0 Å². The van der Waals surface area contributed by atoms with Gasteiger partial charge < -0.3 is 14.8 Å². The number of aliphatic hydroxyl groups is 1. The minimum Gasteiger partial charge on any atom is -0.464 e. The molecule has 0 saturated heterocycles. The minimum absolute atomic E-state index is 0.394. The van der Waals surface area contributed by atoms with Gasteiger partial charge in [-0.15, -0.1) is 0 Å². The third kappa shape index (κ3) is 1.82. The average molecular weight is 179 g/mol. The summed E-state index contributed by atoms with van der Waals surface area (Å²) in [6.45, 7) is 3.38. The smallest absolute Gasteiger partial charge is 0.131 e. The Labute approximate surface area is 77.1 Å². The molecule has 1 unspecified atom stereocenters. The van der Waals surface area contributed by atoms with Gasteiger partial charge in [0.15, 0.2) is 0 Å². The maximum atomic E-state index is 9.37. The highest BCUT2D eigenvalue weighted by atomic mass is 16.3. The zero-order valence-electron chi connectivity index (χ0n) is 7.58. The van der Waals surface area contributed by atoms with Gasteiger partial charge in [-0.2, -0.15) is 0 Å². The van der Waals surface area contributed by atoms with Crippen LogP contribution in [0.2, 0.25) is 0 Å². The van der Waals surface area contributed by atoms with Crippen molar-refractivity contribution in [1.82, 2.24) is 5.32 Å². The second-order valence-electron chi connectivity index (χ2n) is 3.38. The molecule has 13 heavy (non-hydrogen) atoms. The fourth-order valence-corrected chi connectivity index (χ4v) is 1.47. The average Bonchev–Trinajstić information content (AvgIpc) is 2.52. The van der Waals surface area contributed by atoms with Gasteiger partial charge in [0.2, 0.25) is 0 Å². The summed E-state index contributed by atoms with van der Waals surface area (Å²) in [5.41, 5.74) is 2.14. The molecule has 70 valence electrons. The molecular formula is C10H13NO2. The van der Waals surface area contributed by atoms with Crippen LogP contribution in [0.1, 0.15) is 11.3 Å². The van der Waals surface area contributed by atoms with Gasteiger partial charge in [-0.05, 0) is 24.6 Å². The normalized spacial score (nSPS) is 22.9. The van der Waals surface area contributed by atoms with E-state index in [-0.39, 0.29) is 0 Å². The number of nitrogens with one attached hydrogen (secondary N) is 1. The molecule has 0 saturated carbocycles. The largest absolute Gasteiger partial charge is 0.464 e. The monoisotopic (exact) mass is 179 g/mol. The predicted octanol–water partition coefficient (Wildman–Crippen LogP) is 0.936. The van der Waals surface area contributed by atoms with Crippen LogP contribution < -0.4 is 5.32 Å². The van der Waals surface area contributed by atoms with Crippen LogP contribution in [0.4, 0.5) is 0 Å². The number of aryl methyl sites for hydroxylation is 1. The lowest BCUT2D eigenvalue weighted by molar-refractivity contribution is 0.216. The highest BCUT2D eigenvalue weighted by Crippen LogP contribution is 2.19. The second-order valence-corrected chi connectivity index (χ2v) is 3.38. The number of β-amino-alcohol motifs (C(OH)–C–C–N with tert-alkyl or cyclic N) is 1. The summed E-state index contributed by atoms with van der Waals surface area (Å²) in [5, 5.41) is 12.5. The Hall–Kier alpha value is -1.06. The van der Waals surface area contributed by atoms with E-state index < -0.39 is 6.10 Å². The first kappa shape index (κ1) is 8.53. The molecule has 0 amide bonds. The molecule has 3 nitrogen and oxygen atoms in total. The summed E-state index contributed by atoms with van der Waals surface area (Å²) < 4.78 is 5.33. The molecular weight excluding hydrogens is 166 g/mol. The Morgan fingerprint density at radius 1 is 1.62 bits per heavy atom. The van der Waals surface area contributed by atoms with Crippen LogP contribution in [0.5, 0.6) is 0 Å². The van der Waals surface area contributed by atoms with Crippen molar-refractivity contribution in [1.29, 1.82) is 0 Å². The molecule has 0 aromatic carbocycles. The number of hydrogen-bond acceptors (Lipinski definition) is 3. The fraction of sp³-hybridized carbons (Fsp3) is 0.400. The Balaban J connectivity index is 2.25. The molecule has 2 heterocycles. The standard InChI is InChI=1S/C10H13NO2/c1-7-2-10(13-6-7)8-3-9(12)5-11-4-8/h2-3,6,9,11-12H,4-5H2,1H3. The van der Waals surface area contributed by atoms with E-state index in [1.54, 1.807) is 6.26 Å². The third-order valence-electron chi connectivity index (χ3n) is 2.11. The molecule has 2 N–H and O–H groups in total. The van der Waals surface area contributed by atoms with Crippen molar-refractivity contribution in [3.05, 3.63) is 29.7 Å². The van der Waals surface area contributed by atoms with Gasteiger partial charge >= 0.3 is 0 Å². The molecule has 1 aliphatic heterocycles. The van der Waals surface area contributed by atoms with Crippen molar-refractivity contribution >= 4 is 5.57 Å². The molecule has 1 aromatic rings. The van der Waals surface area contributed by atoms with Crippen LogP contribution in [0.3, 0.4) is 0 Å². The van der Waals surface area contributed by atoms with Crippen molar-refractivity contribution < 1.29 is 9.52 Å². The second kappa shape index (κ2) is 3.36. The predicted molar refractivity (Wildman–Crippen MR) is 50.3 cm³/mol. The molecule has 0 radical (unpaired) electrons. The van der Waals surface area contributed by atoms with E-state index >= 15 is 0 Å². The van der Waals surface area contributed by atoms with E-state index in [9.17, 15) is 5.11 Å². The van der Waals surface area contributed by atoms with E-state index in [0.717, 1.165) is 23.4 Å². The number of hydrogen-bond donors (Lipinski definition) is 2. The summed E-state index contributed by atoms with van der Waals surface area (Å²) in [7, 11) is 0. The molecule has 1 atom stereocenters. The zero-order valence-corrected chi connectivity index (χ0v) is 7.58. The van der Waals surface area contributed by atoms with E-state index in [2.05, 4.69) is 5.32 Å². The molecule has 2 rings (SSSR count). The molecule has 0 spiro atoms. The van der Waals surface area contributed by atoms with E-state index in [1.165, 1.54) is 0 Å². The number of furan rings is 1. The third-order valence-corrected chi connectivity index (χ3v) is 2.11. The number of rotatable bonds is 1. The molecule has 0 bridgehead atoms. The lowest BCUT2D eigenvalue weighted by Crippen LogP contribution is -2.31. The van der Waals surface area contributed by atoms with Crippen LogP contribution in [0.25, 0.3) is 5.57 Å². The van der Waals surface area contributed by atoms with Gasteiger partial charge in [-0.1, -0.05) is 0 Å². The molecule has 3 heteroatoms. The molecule has 0 aliphatic carbocycles. The van der Waals surface area contributed by atoms with E-state index in [4.69, 9.17) is 4.42 Å². The topological polar surface area (TPSA) is 45.4 Å². The molecule has 1 aromatic heterocycles. The quantitative estimate of drug-likeness (QED) is 0.674. The summed E-state index contributed by atoms with van der Waals surface area (Å²) in [4.78, 5) is 0. The first-order valence-corrected chi connectivity index (χ1v) is 4.40. The first-order chi connectivity index (χ1) is 6.25. The van der Waals surface area contributed by atoms with Crippen LogP contribution in [-0.4, -0.2) is 24.3 Å². The fourth-order valence-electron chi connectivity index (χ4n) is 1.47. The Morgan fingerprint density at radius 3 is 3.08 bits per heavy atom. The lowest BCUT2D eigenvalue weighted by atomic mass is 10.1. The van der Waals surface area contributed by atoms with Crippen molar-refractivity contribution in [3.8, 4) is 0 Å². The Kier molecular flexibility index (Phi) is 2.20. The molecule has 0 fully saturated rings. The van der Waals surface area contributed by atoms with Gasteiger partial charge in [0.1, 0.15) is 5.76 Å². The summed E-state index contributed by atoms with van der Waals surface area (Å²) in [5.74, 6) is 0.851. The molecule has 1 aliphatic rings. The minimum atomic E-state index is -0.394. The number of aliphatic hydroxyl groups excluding tert-OH is 1. The Bertz CT molecular complexity index is 327. The van der Waals surface area contributed by atoms with Gasteiger partial charge in [0.05, 0.1) is 12.4 Å². The summed E-state index contributed by atoms with van der Waals surface area (Å²) >= 11 is 0. The lowest BCUT2D eigenvalue weighted by Gasteiger charge is -2.16. The van der Waals surface area contributed by atoms with Crippen LogP contribution >= 0.6 is 0 Å². The summed E-state index contributed by atoms with van der Waals surface area (Å²) in [6, 6.07) is 1.98. The van der Waals surface area contributed by atoms with Crippen LogP contribution in [0.15, 0.2) is 22.8 Å². The highest BCUT2D eigenvalue weighted by Gasteiger charge is 2.13. The van der Waals surface area contributed by atoms with Crippen molar-refractivity contribution in [2.75, 3.05) is 13.1 Å². The summed E-state index contributed by atoms with van der Waals surface area (Å²) in [6.07, 6.45) is 3.17. The Morgan fingerprint density at radius 2 is 2.46 bits per heavy atom. The van der Waals surface area contributed by atoms with E-state index in [1.807, 2.05) is 19.1 Å². The van der Waals surface area contributed by atoms with Gasteiger partial charge in [0, 0.05) is 18.7 Å². The SMILES string of the molecule is Cc1coc(C2=CC(O)CNC2)c1. The maximum absolute atomic E-state index is 9.37.